The average Bonchev–Trinajstić information content (AvgIpc) is 3.07. The fourth-order valence-electron chi connectivity index (χ4n) is 2.29. The van der Waals surface area contributed by atoms with Gasteiger partial charge in [-0.3, -0.25) is 14.3 Å². The first-order valence-corrected chi connectivity index (χ1v) is 8.47. The van der Waals surface area contributed by atoms with Crippen molar-refractivity contribution in [3.8, 4) is 5.75 Å². The predicted octanol–water partition coefficient (Wildman–Crippen LogP) is 3.40. The van der Waals surface area contributed by atoms with E-state index in [4.69, 9.17) is 4.74 Å². The zero-order chi connectivity index (χ0) is 21.5. The fourth-order valence-corrected chi connectivity index (χ4v) is 2.29. The van der Waals surface area contributed by atoms with Crippen LogP contribution in [-0.4, -0.2) is 41.9 Å². The summed E-state index contributed by atoms with van der Waals surface area (Å²) in [6, 6.07) is 4.14. The summed E-state index contributed by atoms with van der Waals surface area (Å²) in [6.07, 6.45) is -3.30. The second-order valence-electron chi connectivity index (χ2n) is 5.41. The Hall–Kier alpha value is -3.04. The fraction of sp³-hybridized carbons (Fsp3) is 0.389. The molecular weight excluding hydrogens is 377 g/mol. The lowest BCUT2D eigenvalue weighted by atomic mass is 10.0. The van der Waals surface area contributed by atoms with Crippen LogP contribution in [0.5, 0.6) is 5.75 Å². The Kier molecular flexibility index (Phi) is 8.02. The van der Waals surface area contributed by atoms with Crippen molar-refractivity contribution in [1.82, 2.24) is 15.1 Å². The summed E-state index contributed by atoms with van der Waals surface area (Å²) in [5, 5.41) is 8.52. The van der Waals surface area contributed by atoms with Crippen LogP contribution in [0, 0.1) is 6.92 Å². The second kappa shape index (κ2) is 9.77. The molecule has 0 aliphatic heterocycles. The average molecular weight is 400 g/mol. The van der Waals surface area contributed by atoms with Gasteiger partial charge < -0.3 is 15.4 Å². The van der Waals surface area contributed by atoms with Crippen LogP contribution < -0.4 is 15.4 Å². The Labute approximate surface area is 160 Å². The lowest BCUT2D eigenvalue weighted by Crippen LogP contribution is -2.21. The van der Waals surface area contributed by atoms with E-state index in [-0.39, 0.29) is 16.9 Å². The van der Waals surface area contributed by atoms with Crippen LogP contribution >= 0.6 is 0 Å². The maximum atomic E-state index is 12.4. The van der Waals surface area contributed by atoms with Crippen LogP contribution in [0.4, 0.5) is 19.0 Å². The van der Waals surface area contributed by atoms with E-state index in [1.807, 2.05) is 13.8 Å². The number of aryl methyl sites for hydroxylation is 1. The Bertz CT molecular complexity index is 832. The molecule has 28 heavy (non-hydrogen) atoms. The minimum absolute atomic E-state index is 0.0315. The topological polar surface area (TPSA) is 85.3 Å². The summed E-state index contributed by atoms with van der Waals surface area (Å²) >= 11 is 0. The van der Waals surface area contributed by atoms with Gasteiger partial charge in [0.2, 0.25) is 0 Å². The van der Waals surface area contributed by atoms with Gasteiger partial charge in [0.15, 0.2) is 5.82 Å². The molecule has 0 unspecified atom stereocenters. The summed E-state index contributed by atoms with van der Waals surface area (Å²) in [5.41, 5.74) is 0.866. The molecule has 10 heteroatoms. The number of amides is 2. The summed E-state index contributed by atoms with van der Waals surface area (Å²) < 4.78 is 42.9. The SMILES string of the molecule is CC.CNC(=O)c1cc(C(=O)Nc2ccn(CC(F)(F)F)n2)c(C)cc1OC. The standard InChI is InChI=1S/C16H17F3N4O3.C2H6/c1-9-6-12(26-3)11(14(24)20-2)7-10(9)15(25)21-13-4-5-23(22-13)8-16(17,18)19;1-2/h4-7H,8H2,1-3H3,(H,20,24)(H,21,22,25);1-2H3. The van der Waals surface area contributed by atoms with Gasteiger partial charge in [-0.25, -0.2) is 0 Å². The highest BCUT2D eigenvalue weighted by Crippen LogP contribution is 2.24. The number of nitrogens with one attached hydrogen (secondary N) is 2. The van der Waals surface area contributed by atoms with Gasteiger partial charge in [-0.05, 0) is 24.6 Å². The van der Waals surface area contributed by atoms with E-state index in [0.29, 0.717) is 16.0 Å². The quantitative estimate of drug-likeness (QED) is 0.806. The molecule has 1 aromatic carbocycles. The summed E-state index contributed by atoms with van der Waals surface area (Å²) in [4.78, 5) is 24.4. The van der Waals surface area contributed by atoms with Gasteiger partial charge in [0.05, 0.1) is 12.7 Å². The number of rotatable bonds is 5. The molecule has 0 atom stereocenters. The van der Waals surface area contributed by atoms with E-state index >= 15 is 0 Å². The number of nitrogens with zero attached hydrogens (tertiary/aromatic N) is 2. The zero-order valence-electron chi connectivity index (χ0n) is 16.3. The molecule has 0 fully saturated rings. The first-order chi connectivity index (χ1) is 13.1. The van der Waals surface area contributed by atoms with Gasteiger partial charge >= 0.3 is 6.18 Å². The van der Waals surface area contributed by atoms with E-state index in [1.165, 1.54) is 32.4 Å². The van der Waals surface area contributed by atoms with Crippen molar-refractivity contribution in [3.63, 3.8) is 0 Å². The zero-order valence-corrected chi connectivity index (χ0v) is 16.3. The second-order valence-corrected chi connectivity index (χ2v) is 5.41. The summed E-state index contributed by atoms with van der Waals surface area (Å²) in [6.45, 7) is 4.39. The molecule has 1 aromatic heterocycles. The number of alkyl halides is 3. The molecular formula is C18H23F3N4O3. The molecule has 0 bridgehead atoms. The van der Waals surface area contributed by atoms with Gasteiger partial charge in [0, 0.05) is 24.9 Å². The molecule has 2 aromatic rings. The van der Waals surface area contributed by atoms with Crippen molar-refractivity contribution in [2.45, 2.75) is 33.5 Å². The molecule has 0 radical (unpaired) electrons. The van der Waals surface area contributed by atoms with Crippen molar-refractivity contribution >= 4 is 17.6 Å². The van der Waals surface area contributed by atoms with Gasteiger partial charge in [-0.1, -0.05) is 13.8 Å². The number of halogens is 3. The minimum atomic E-state index is -4.41. The van der Waals surface area contributed by atoms with Crippen LogP contribution in [0.25, 0.3) is 0 Å². The number of methoxy groups -OCH3 is 1. The molecule has 154 valence electrons. The van der Waals surface area contributed by atoms with Crippen LogP contribution in [0.1, 0.15) is 40.1 Å². The van der Waals surface area contributed by atoms with Crippen LogP contribution in [0.3, 0.4) is 0 Å². The van der Waals surface area contributed by atoms with Gasteiger partial charge in [-0.15, -0.1) is 0 Å². The first kappa shape index (κ1) is 23.0. The Morgan fingerprint density at radius 3 is 2.36 bits per heavy atom. The van der Waals surface area contributed by atoms with Crippen LogP contribution in [-0.2, 0) is 6.54 Å². The normalized spacial score (nSPS) is 10.6. The van der Waals surface area contributed by atoms with Crippen molar-refractivity contribution in [3.05, 3.63) is 41.1 Å². The number of ether oxygens (including phenoxy) is 1. The number of benzene rings is 1. The third-order valence-electron chi connectivity index (χ3n) is 3.49. The largest absolute Gasteiger partial charge is 0.496 e. The van der Waals surface area contributed by atoms with Gasteiger partial charge in [0.1, 0.15) is 12.3 Å². The lowest BCUT2D eigenvalue weighted by molar-refractivity contribution is -0.142. The summed E-state index contributed by atoms with van der Waals surface area (Å²) in [5.74, 6) is -0.776. The highest BCUT2D eigenvalue weighted by Gasteiger charge is 2.28. The first-order valence-electron chi connectivity index (χ1n) is 8.47. The number of anilines is 1. The maximum absolute atomic E-state index is 12.4. The molecule has 7 nitrogen and oxygen atoms in total. The van der Waals surface area contributed by atoms with Crippen LogP contribution in [0.15, 0.2) is 24.4 Å². The number of carbonyl (C=O) groups excluding carboxylic acids is 2. The van der Waals surface area contributed by atoms with Gasteiger partial charge in [0.25, 0.3) is 11.8 Å². The molecule has 0 saturated heterocycles. The van der Waals surface area contributed by atoms with Crippen molar-refractivity contribution < 1.29 is 27.5 Å². The highest BCUT2D eigenvalue weighted by atomic mass is 19.4. The molecule has 2 amide bonds. The van der Waals surface area contributed by atoms with E-state index in [2.05, 4.69) is 15.7 Å². The molecule has 1 heterocycles. The molecule has 0 saturated carbocycles. The van der Waals surface area contributed by atoms with E-state index in [9.17, 15) is 22.8 Å². The summed E-state index contributed by atoms with van der Waals surface area (Å²) in [7, 11) is 2.84. The molecule has 2 rings (SSSR count). The smallest absolute Gasteiger partial charge is 0.408 e. The minimum Gasteiger partial charge on any atom is -0.496 e. The molecule has 0 aliphatic rings. The maximum Gasteiger partial charge on any atom is 0.408 e. The molecule has 2 N–H and O–H groups in total. The van der Waals surface area contributed by atoms with Crippen molar-refractivity contribution in [2.24, 2.45) is 0 Å². The number of hydrogen-bond donors (Lipinski definition) is 2. The predicted molar refractivity (Wildman–Crippen MR) is 98.7 cm³/mol. The highest BCUT2D eigenvalue weighted by molar-refractivity contribution is 6.07. The van der Waals surface area contributed by atoms with Crippen LogP contribution in [0.2, 0.25) is 0 Å². The Morgan fingerprint density at radius 2 is 1.82 bits per heavy atom. The monoisotopic (exact) mass is 400 g/mol. The van der Waals surface area contributed by atoms with Crippen molar-refractivity contribution in [2.75, 3.05) is 19.5 Å². The number of aromatic nitrogens is 2. The number of hydrogen-bond acceptors (Lipinski definition) is 4. The van der Waals surface area contributed by atoms with E-state index in [1.54, 1.807) is 6.92 Å². The molecule has 0 spiro atoms. The van der Waals surface area contributed by atoms with E-state index in [0.717, 1.165) is 6.20 Å². The van der Waals surface area contributed by atoms with Gasteiger partial charge in [-0.2, -0.15) is 18.3 Å². The third kappa shape index (κ3) is 6.00. The van der Waals surface area contributed by atoms with E-state index < -0.39 is 24.5 Å². The number of carbonyl (C=O) groups is 2. The molecule has 0 aliphatic carbocycles. The Morgan fingerprint density at radius 1 is 1.18 bits per heavy atom. The Balaban J connectivity index is 0.00000190. The van der Waals surface area contributed by atoms with Crippen molar-refractivity contribution in [1.29, 1.82) is 0 Å². The third-order valence-corrected chi connectivity index (χ3v) is 3.49. The lowest BCUT2D eigenvalue weighted by Gasteiger charge is -2.12.